The molecule has 2 amide bonds. The molecule has 2 aliphatic rings. The Morgan fingerprint density at radius 3 is 2.33 bits per heavy atom. The van der Waals surface area contributed by atoms with Gasteiger partial charge in [0.15, 0.2) is 0 Å². The van der Waals surface area contributed by atoms with Gasteiger partial charge in [-0.1, -0.05) is 25.0 Å². The lowest BCUT2D eigenvalue weighted by atomic mass is 9.76. The zero-order valence-corrected chi connectivity index (χ0v) is 12.2. The maximum Gasteiger partial charge on any atom is 0.234 e. The molecule has 4 nitrogen and oxygen atoms in total. The van der Waals surface area contributed by atoms with Crippen LogP contribution in [0.25, 0.3) is 0 Å². The number of imide groups is 1. The van der Waals surface area contributed by atoms with Gasteiger partial charge in [0.25, 0.3) is 0 Å². The zero-order chi connectivity index (χ0) is 15.0. The minimum absolute atomic E-state index is 0.110. The second-order valence-corrected chi connectivity index (χ2v) is 6.26. The van der Waals surface area contributed by atoms with Crippen LogP contribution in [0.1, 0.15) is 49.7 Å². The maximum atomic E-state index is 12.5. The van der Waals surface area contributed by atoms with Gasteiger partial charge in [-0.25, -0.2) is 4.90 Å². The van der Waals surface area contributed by atoms with Crippen LogP contribution in [0.4, 0.5) is 5.69 Å². The Hall–Kier alpha value is -2.15. The fraction of sp³-hybridized carbons (Fsp3) is 0.471. The SMILES string of the molecule is Cc1cccc(N2C(=O)CC3(CCCC3)CC2=O)c1C#N. The van der Waals surface area contributed by atoms with Gasteiger partial charge >= 0.3 is 0 Å². The first-order valence-corrected chi connectivity index (χ1v) is 7.42. The van der Waals surface area contributed by atoms with E-state index in [2.05, 4.69) is 6.07 Å². The van der Waals surface area contributed by atoms with Gasteiger partial charge in [-0.2, -0.15) is 5.26 Å². The summed E-state index contributed by atoms with van der Waals surface area (Å²) in [5.41, 5.74) is 1.54. The second-order valence-electron chi connectivity index (χ2n) is 6.26. The number of nitriles is 1. The molecule has 0 aromatic heterocycles. The van der Waals surface area contributed by atoms with E-state index in [-0.39, 0.29) is 17.2 Å². The van der Waals surface area contributed by atoms with Gasteiger partial charge < -0.3 is 0 Å². The fourth-order valence-corrected chi connectivity index (χ4v) is 3.73. The Morgan fingerprint density at radius 1 is 1.14 bits per heavy atom. The van der Waals surface area contributed by atoms with E-state index in [0.717, 1.165) is 31.2 Å². The molecule has 1 heterocycles. The van der Waals surface area contributed by atoms with Crippen LogP contribution >= 0.6 is 0 Å². The van der Waals surface area contributed by atoms with Gasteiger partial charge in [0.2, 0.25) is 11.8 Å². The number of rotatable bonds is 1. The molecule has 0 unspecified atom stereocenters. The van der Waals surface area contributed by atoms with Crippen molar-refractivity contribution in [2.75, 3.05) is 4.90 Å². The van der Waals surface area contributed by atoms with Crippen LogP contribution < -0.4 is 4.90 Å². The lowest BCUT2D eigenvalue weighted by molar-refractivity contribution is -0.133. The summed E-state index contributed by atoms with van der Waals surface area (Å²) in [6.07, 6.45) is 5.01. The minimum Gasteiger partial charge on any atom is -0.274 e. The highest BCUT2D eigenvalue weighted by molar-refractivity contribution is 6.17. The monoisotopic (exact) mass is 282 g/mol. The third-order valence-electron chi connectivity index (χ3n) is 4.82. The smallest absolute Gasteiger partial charge is 0.234 e. The summed E-state index contributed by atoms with van der Waals surface area (Å²) in [6.45, 7) is 1.82. The fourth-order valence-electron chi connectivity index (χ4n) is 3.73. The predicted octanol–water partition coefficient (Wildman–Crippen LogP) is 3.08. The average molecular weight is 282 g/mol. The summed E-state index contributed by atoms with van der Waals surface area (Å²) in [6, 6.07) is 7.41. The van der Waals surface area contributed by atoms with E-state index < -0.39 is 0 Å². The molecule has 1 saturated heterocycles. The van der Waals surface area contributed by atoms with Crippen molar-refractivity contribution in [1.29, 1.82) is 5.26 Å². The number of aryl methyl sites for hydroxylation is 1. The normalized spacial score (nSPS) is 20.9. The third-order valence-corrected chi connectivity index (χ3v) is 4.82. The van der Waals surface area contributed by atoms with Crippen molar-refractivity contribution in [3.8, 4) is 6.07 Å². The zero-order valence-electron chi connectivity index (χ0n) is 12.2. The Balaban J connectivity index is 1.98. The molecule has 21 heavy (non-hydrogen) atoms. The summed E-state index contributed by atoms with van der Waals surface area (Å²) in [7, 11) is 0. The van der Waals surface area contributed by atoms with Crippen molar-refractivity contribution in [2.45, 2.75) is 45.4 Å². The second kappa shape index (κ2) is 5.00. The largest absolute Gasteiger partial charge is 0.274 e. The number of hydrogen-bond acceptors (Lipinski definition) is 3. The number of piperidine rings is 1. The van der Waals surface area contributed by atoms with Crippen molar-refractivity contribution in [2.24, 2.45) is 5.41 Å². The Morgan fingerprint density at radius 2 is 1.76 bits per heavy atom. The van der Waals surface area contributed by atoms with E-state index in [4.69, 9.17) is 0 Å². The lowest BCUT2D eigenvalue weighted by Crippen LogP contribution is -2.47. The number of hydrogen-bond donors (Lipinski definition) is 0. The van der Waals surface area contributed by atoms with Gasteiger partial charge in [-0.15, -0.1) is 0 Å². The van der Waals surface area contributed by atoms with Crippen LogP contribution in [0, 0.1) is 23.7 Å². The standard InChI is InChI=1S/C17H18N2O2/c1-12-5-4-6-14(13(12)11-18)19-15(20)9-17(10-16(19)21)7-2-3-8-17/h4-6H,2-3,7-10H2,1H3. The number of anilines is 1. The molecule has 4 heteroatoms. The predicted molar refractivity (Wildman–Crippen MR) is 78.5 cm³/mol. The molecule has 1 aromatic rings. The van der Waals surface area contributed by atoms with Crippen molar-refractivity contribution < 1.29 is 9.59 Å². The Bertz CT molecular complexity index is 631. The minimum atomic E-state index is -0.157. The molecule has 0 bridgehead atoms. The molecule has 1 aromatic carbocycles. The molecule has 1 aliphatic heterocycles. The van der Waals surface area contributed by atoms with Gasteiger partial charge in [0.05, 0.1) is 11.3 Å². The van der Waals surface area contributed by atoms with Gasteiger partial charge in [0, 0.05) is 12.8 Å². The van der Waals surface area contributed by atoms with Crippen LogP contribution in [0.2, 0.25) is 0 Å². The molecule has 1 spiro atoms. The van der Waals surface area contributed by atoms with E-state index in [0.29, 0.717) is 24.1 Å². The number of carbonyl (C=O) groups excluding carboxylic acids is 2. The van der Waals surface area contributed by atoms with Crippen LogP contribution in [0.5, 0.6) is 0 Å². The molecular formula is C17H18N2O2. The van der Waals surface area contributed by atoms with Crippen LogP contribution in [0.3, 0.4) is 0 Å². The molecule has 3 rings (SSSR count). The summed E-state index contributed by atoms with van der Waals surface area (Å²) in [5, 5.41) is 9.31. The lowest BCUT2D eigenvalue weighted by Gasteiger charge is -2.37. The summed E-state index contributed by atoms with van der Waals surface area (Å²) in [4.78, 5) is 26.3. The Kier molecular flexibility index (Phi) is 3.29. The number of nitrogens with zero attached hydrogens (tertiary/aromatic N) is 2. The van der Waals surface area contributed by atoms with Crippen LogP contribution in [-0.4, -0.2) is 11.8 Å². The topological polar surface area (TPSA) is 61.2 Å². The Labute approximate surface area is 124 Å². The first-order valence-electron chi connectivity index (χ1n) is 7.42. The molecule has 0 atom stereocenters. The highest BCUT2D eigenvalue weighted by atomic mass is 16.2. The van der Waals surface area contributed by atoms with E-state index in [1.165, 1.54) is 4.90 Å². The molecule has 108 valence electrons. The summed E-state index contributed by atoms with van der Waals surface area (Å²) in [5.74, 6) is -0.314. The van der Waals surface area contributed by atoms with Crippen LogP contribution in [-0.2, 0) is 9.59 Å². The van der Waals surface area contributed by atoms with Crippen LogP contribution in [0.15, 0.2) is 18.2 Å². The van der Waals surface area contributed by atoms with Crippen molar-refractivity contribution in [3.05, 3.63) is 29.3 Å². The molecule has 0 N–H and O–H groups in total. The van der Waals surface area contributed by atoms with E-state index in [1.54, 1.807) is 12.1 Å². The first-order chi connectivity index (χ1) is 10.1. The maximum absolute atomic E-state index is 12.5. The molecular weight excluding hydrogens is 264 g/mol. The highest BCUT2D eigenvalue weighted by Crippen LogP contribution is 2.47. The first kappa shape index (κ1) is 13.8. The number of carbonyl (C=O) groups is 2. The van der Waals surface area contributed by atoms with E-state index in [9.17, 15) is 14.9 Å². The molecule has 2 fully saturated rings. The molecule has 1 aliphatic carbocycles. The van der Waals surface area contributed by atoms with Crippen molar-refractivity contribution in [1.82, 2.24) is 0 Å². The van der Waals surface area contributed by atoms with Gasteiger partial charge in [-0.3, -0.25) is 9.59 Å². The average Bonchev–Trinajstić information content (AvgIpc) is 2.86. The quantitative estimate of drug-likeness (QED) is 0.744. The van der Waals surface area contributed by atoms with Gasteiger partial charge in [0.1, 0.15) is 6.07 Å². The summed E-state index contributed by atoms with van der Waals surface area (Å²) >= 11 is 0. The van der Waals surface area contributed by atoms with Crippen molar-refractivity contribution in [3.63, 3.8) is 0 Å². The summed E-state index contributed by atoms with van der Waals surface area (Å²) < 4.78 is 0. The molecule has 0 radical (unpaired) electrons. The highest BCUT2D eigenvalue weighted by Gasteiger charge is 2.45. The molecule has 1 saturated carbocycles. The van der Waals surface area contributed by atoms with E-state index in [1.807, 2.05) is 13.0 Å². The third kappa shape index (κ3) is 2.23. The number of amides is 2. The van der Waals surface area contributed by atoms with Gasteiger partial charge in [-0.05, 0) is 36.8 Å². The van der Waals surface area contributed by atoms with Crippen molar-refractivity contribution >= 4 is 17.5 Å². The number of benzene rings is 1. The van der Waals surface area contributed by atoms with E-state index >= 15 is 0 Å².